The molecule has 0 bridgehead atoms. The summed E-state index contributed by atoms with van der Waals surface area (Å²) in [5.41, 5.74) is 1.67. The van der Waals surface area contributed by atoms with Gasteiger partial charge in [0.05, 0.1) is 10.2 Å². The lowest BCUT2D eigenvalue weighted by atomic mass is 10.1. The first-order chi connectivity index (χ1) is 14.7. The maximum Gasteiger partial charge on any atom is 0.262 e. The number of carbonyl (C=O) groups is 1. The van der Waals surface area contributed by atoms with E-state index in [1.165, 1.54) is 0 Å². The lowest BCUT2D eigenvalue weighted by Crippen LogP contribution is -2.20. The van der Waals surface area contributed by atoms with Gasteiger partial charge in [-0.3, -0.25) is 4.79 Å². The van der Waals surface area contributed by atoms with Crippen LogP contribution in [-0.2, 0) is 11.4 Å². The lowest BCUT2D eigenvalue weighted by molar-refractivity contribution is -0.118. The maximum atomic E-state index is 12.5. The highest BCUT2D eigenvalue weighted by molar-refractivity contribution is 9.10. The van der Waals surface area contributed by atoms with Gasteiger partial charge in [-0.15, -0.1) is 0 Å². The fourth-order valence-electron chi connectivity index (χ4n) is 3.09. The molecule has 4 aromatic carbocycles. The summed E-state index contributed by atoms with van der Waals surface area (Å²) < 4.78 is 12.5. The van der Waals surface area contributed by atoms with Crippen molar-refractivity contribution in [2.24, 2.45) is 0 Å². The normalized spacial score (nSPS) is 10.6. The number of rotatable bonds is 7. The zero-order valence-electron chi connectivity index (χ0n) is 16.2. The first-order valence-corrected chi connectivity index (χ1v) is 10.4. The van der Waals surface area contributed by atoms with Gasteiger partial charge in [-0.25, -0.2) is 0 Å². The number of fused-ring (bicyclic) bond motifs is 1. The van der Waals surface area contributed by atoms with Crippen molar-refractivity contribution in [3.8, 4) is 11.5 Å². The third-order valence-corrected chi connectivity index (χ3v) is 5.40. The van der Waals surface area contributed by atoms with E-state index in [1.807, 2.05) is 91.0 Å². The molecule has 0 spiro atoms. The van der Waals surface area contributed by atoms with Crippen LogP contribution < -0.4 is 14.8 Å². The van der Waals surface area contributed by atoms with E-state index >= 15 is 0 Å². The van der Waals surface area contributed by atoms with Crippen LogP contribution in [-0.4, -0.2) is 12.5 Å². The van der Waals surface area contributed by atoms with Gasteiger partial charge in [0.1, 0.15) is 18.1 Å². The molecular weight excluding hydrogens is 442 g/mol. The summed E-state index contributed by atoms with van der Waals surface area (Å²) in [5.74, 6) is 0.977. The SMILES string of the molecule is O=C(COc1ccc2ccccc2c1Br)Nc1ccccc1OCc1ccccc1. The number of ether oxygens (including phenoxy) is 2. The van der Waals surface area contributed by atoms with Gasteiger partial charge >= 0.3 is 0 Å². The smallest absolute Gasteiger partial charge is 0.262 e. The van der Waals surface area contributed by atoms with Gasteiger partial charge in [0.15, 0.2) is 6.61 Å². The number of benzene rings is 4. The number of amides is 1. The topological polar surface area (TPSA) is 47.6 Å². The molecule has 0 aliphatic heterocycles. The van der Waals surface area contributed by atoms with E-state index in [0.717, 1.165) is 20.8 Å². The summed E-state index contributed by atoms with van der Waals surface area (Å²) in [6, 6.07) is 29.1. The van der Waals surface area contributed by atoms with E-state index in [9.17, 15) is 4.79 Å². The Morgan fingerprint density at radius 3 is 2.37 bits per heavy atom. The van der Waals surface area contributed by atoms with Crippen molar-refractivity contribution in [3.63, 3.8) is 0 Å². The Hall–Kier alpha value is -3.31. The van der Waals surface area contributed by atoms with Crippen LogP contribution in [0.25, 0.3) is 10.8 Å². The van der Waals surface area contributed by atoms with Crippen molar-refractivity contribution in [1.29, 1.82) is 0 Å². The number of hydrogen-bond acceptors (Lipinski definition) is 3. The van der Waals surface area contributed by atoms with Crippen molar-refractivity contribution in [2.75, 3.05) is 11.9 Å². The summed E-state index contributed by atoms with van der Waals surface area (Å²) in [7, 11) is 0. The van der Waals surface area contributed by atoms with Gasteiger partial charge in [0.25, 0.3) is 5.91 Å². The molecule has 4 aromatic rings. The molecule has 0 saturated heterocycles. The number of anilines is 1. The van der Waals surface area contributed by atoms with Crippen molar-refractivity contribution in [3.05, 3.63) is 101 Å². The molecule has 0 atom stereocenters. The Morgan fingerprint density at radius 2 is 1.50 bits per heavy atom. The molecule has 0 heterocycles. The second-order valence-electron chi connectivity index (χ2n) is 6.71. The highest BCUT2D eigenvalue weighted by atomic mass is 79.9. The van der Waals surface area contributed by atoms with Crippen LogP contribution in [0, 0.1) is 0 Å². The van der Waals surface area contributed by atoms with Gasteiger partial charge < -0.3 is 14.8 Å². The largest absolute Gasteiger partial charge is 0.487 e. The highest BCUT2D eigenvalue weighted by Crippen LogP contribution is 2.33. The minimum absolute atomic E-state index is 0.107. The Kier molecular flexibility index (Phi) is 6.30. The van der Waals surface area contributed by atoms with Crippen LogP contribution in [0.2, 0.25) is 0 Å². The predicted octanol–water partition coefficient (Wildman–Crippen LogP) is 6.20. The van der Waals surface area contributed by atoms with Crippen LogP contribution >= 0.6 is 15.9 Å². The second kappa shape index (κ2) is 9.46. The Morgan fingerprint density at radius 1 is 0.767 bits per heavy atom. The van der Waals surface area contributed by atoms with Crippen LogP contribution in [0.4, 0.5) is 5.69 Å². The second-order valence-corrected chi connectivity index (χ2v) is 7.50. The Labute approximate surface area is 183 Å². The van der Waals surface area contributed by atoms with Gasteiger partial charge in [0.2, 0.25) is 0 Å². The summed E-state index contributed by atoms with van der Waals surface area (Å²) in [5, 5.41) is 5.01. The van der Waals surface area contributed by atoms with Gasteiger partial charge in [-0.1, -0.05) is 72.8 Å². The summed E-state index contributed by atoms with van der Waals surface area (Å²) in [4.78, 5) is 12.5. The summed E-state index contributed by atoms with van der Waals surface area (Å²) in [6.45, 7) is 0.318. The van der Waals surface area contributed by atoms with Gasteiger partial charge in [0, 0.05) is 0 Å². The fraction of sp³-hybridized carbons (Fsp3) is 0.0800. The first kappa shape index (κ1) is 20.0. The number of halogens is 1. The summed E-state index contributed by atoms with van der Waals surface area (Å²) in [6.07, 6.45) is 0. The predicted molar refractivity (Wildman–Crippen MR) is 123 cm³/mol. The molecule has 0 saturated carbocycles. The summed E-state index contributed by atoms with van der Waals surface area (Å²) >= 11 is 3.58. The van der Waals surface area contributed by atoms with E-state index < -0.39 is 0 Å². The molecule has 0 fully saturated rings. The molecule has 0 aliphatic carbocycles. The average Bonchev–Trinajstić information content (AvgIpc) is 2.79. The lowest BCUT2D eigenvalue weighted by Gasteiger charge is -2.14. The number of nitrogens with one attached hydrogen (secondary N) is 1. The molecule has 0 aromatic heterocycles. The van der Waals surface area contributed by atoms with Gasteiger partial charge in [-0.05, 0) is 50.5 Å². The van der Waals surface area contributed by atoms with Crippen LogP contribution in [0.1, 0.15) is 5.56 Å². The highest BCUT2D eigenvalue weighted by Gasteiger charge is 2.11. The molecule has 1 amide bonds. The molecule has 5 heteroatoms. The van der Waals surface area contributed by atoms with Gasteiger partial charge in [-0.2, -0.15) is 0 Å². The van der Waals surface area contributed by atoms with E-state index in [1.54, 1.807) is 0 Å². The van der Waals surface area contributed by atoms with Crippen molar-refractivity contribution >= 4 is 38.3 Å². The molecule has 4 nitrogen and oxygen atoms in total. The number of para-hydroxylation sites is 2. The Balaban J connectivity index is 1.39. The quantitative estimate of drug-likeness (QED) is 0.356. The van der Waals surface area contributed by atoms with Crippen molar-refractivity contribution in [1.82, 2.24) is 0 Å². The number of carbonyl (C=O) groups excluding carboxylic acids is 1. The standard InChI is InChI=1S/C25H20BrNO3/c26-25-20-11-5-4-10-19(20)14-15-23(25)30-17-24(28)27-21-12-6-7-13-22(21)29-16-18-8-2-1-3-9-18/h1-15H,16-17H2,(H,27,28). The number of hydrogen-bond donors (Lipinski definition) is 1. The molecule has 0 unspecified atom stereocenters. The van der Waals surface area contributed by atoms with E-state index in [4.69, 9.17) is 9.47 Å². The molecular formula is C25H20BrNO3. The first-order valence-electron chi connectivity index (χ1n) is 9.56. The van der Waals surface area contributed by atoms with E-state index in [-0.39, 0.29) is 12.5 Å². The minimum atomic E-state index is -0.259. The third-order valence-electron chi connectivity index (χ3n) is 4.58. The maximum absolute atomic E-state index is 12.5. The molecule has 0 radical (unpaired) electrons. The van der Waals surface area contributed by atoms with Crippen molar-refractivity contribution < 1.29 is 14.3 Å². The van der Waals surface area contributed by atoms with E-state index in [2.05, 4.69) is 21.2 Å². The average molecular weight is 462 g/mol. The molecule has 30 heavy (non-hydrogen) atoms. The molecule has 150 valence electrons. The minimum Gasteiger partial charge on any atom is -0.487 e. The van der Waals surface area contributed by atoms with Crippen LogP contribution in [0.15, 0.2) is 95.5 Å². The van der Waals surface area contributed by atoms with Crippen LogP contribution in [0.5, 0.6) is 11.5 Å². The fourth-order valence-corrected chi connectivity index (χ4v) is 3.69. The molecule has 0 aliphatic rings. The zero-order chi connectivity index (χ0) is 20.8. The third kappa shape index (κ3) is 4.81. The monoisotopic (exact) mass is 461 g/mol. The Bertz CT molecular complexity index is 1160. The van der Waals surface area contributed by atoms with Crippen LogP contribution in [0.3, 0.4) is 0 Å². The zero-order valence-corrected chi connectivity index (χ0v) is 17.8. The van der Waals surface area contributed by atoms with E-state index in [0.29, 0.717) is 23.8 Å². The molecule has 4 rings (SSSR count). The van der Waals surface area contributed by atoms with Crippen molar-refractivity contribution in [2.45, 2.75) is 6.61 Å². The molecule has 1 N–H and O–H groups in total.